The number of aromatic carboxylic acids is 1. The standard InChI is InChI=1S/C14H10N2O2S/c1-8-16-12(14(17)18)13(19-8)10-6-9-4-2-3-5-11(9)15-7-10/h2-7H,1H3,(H,17,18). The SMILES string of the molecule is Cc1nc(C(=O)O)c(-c2cnc3ccccc3c2)s1. The van der Waals surface area contributed by atoms with Crippen molar-refractivity contribution in [1.82, 2.24) is 9.97 Å². The van der Waals surface area contributed by atoms with E-state index in [0.717, 1.165) is 21.5 Å². The minimum Gasteiger partial charge on any atom is -0.476 e. The van der Waals surface area contributed by atoms with Gasteiger partial charge in [0.15, 0.2) is 5.69 Å². The van der Waals surface area contributed by atoms with Crippen molar-refractivity contribution >= 4 is 28.2 Å². The normalized spacial score (nSPS) is 10.8. The van der Waals surface area contributed by atoms with Gasteiger partial charge in [0.1, 0.15) is 0 Å². The van der Waals surface area contributed by atoms with Gasteiger partial charge in [-0.1, -0.05) is 18.2 Å². The van der Waals surface area contributed by atoms with Gasteiger partial charge in [0.05, 0.1) is 15.4 Å². The average Bonchev–Trinajstić information content (AvgIpc) is 2.80. The molecule has 0 saturated heterocycles. The highest BCUT2D eigenvalue weighted by atomic mass is 32.1. The van der Waals surface area contributed by atoms with E-state index in [1.807, 2.05) is 30.3 Å². The summed E-state index contributed by atoms with van der Waals surface area (Å²) in [5, 5.41) is 10.9. The third-order valence-corrected chi connectivity index (χ3v) is 3.81. The highest BCUT2D eigenvalue weighted by Gasteiger charge is 2.17. The van der Waals surface area contributed by atoms with Crippen molar-refractivity contribution in [2.45, 2.75) is 6.92 Å². The molecule has 3 aromatic rings. The molecule has 0 bridgehead atoms. The van der Waals surface area contributed by atoms with Crippen molar-refractivity contribution < 1.29 is 9.90 Å². The minimum atomic E-state index is -1.01. The lowest BCUT2D eigenvalue weighted by molar-refractivity contribution is 0.0692. The van der Waals surface area contributed by atoms with Crippen LogP contribution in [0.2, 0.25) is 0 Å². The second-order valence-corrected chi connectivity index (χ2v) is 5.34. The number of fused-ring (bicyclic) bond motifs is 1. The Hall–Kier alpha value is -2.27. The summed E-state index contributed by atoms with van der Waals surface area (Å²) in [6, 6.07) is 9.69. The van der Waals surface area contributed by atoms with Gasteiger partial charge in [-0.2, -0.15) is 0 Å². The molecule has 0 saturated carbocycles. The van der Waals surface area contributed by atoms with Crippen molar-refractivity contribution in [2.75, 3.05) is 0 Å². The number of carboxylic acids is 1. The Bertz CT molecular complexity index is 780. The molecule has 2 aromatic heterocycles. The molecule has 0 atom stereocenters. The minimum absolute atomic E-state index is 0.0968. The summed E-state index contributed by atoms with van der Waals surface area (Å²) in [6.45, 7) is 1.80. The molecule has 0 unspecified atom stereocenters. The van der Waals surface area contributed by atoms with Crippen LogP contribution in [0.15, 0.2) is 36.5 Å². The van der Waals surface area contributed by atoms with Gasteiger partial charge in [-0.15, -0.1) is 11.3 Å². The Morgan fingerprint density at radius 2 is 2.11 bits per heavy atom. The number of hydrogen-bond acceptors (Lipinski definition) is 4. The molecule has 19 heavy (non-hydrogen) atoms. The van der Waals surface area contributed by atoms with Gasteiger partial charge in [-0.25, -0.2) is 9.78 Å². The fourth-order valence-electron chi connectivity index (χ4n) is 1.96. The fourth-order valence-corrected chi connectivity index (χ4v) is 2.85. The van der Waals surface area contributed by atoms with Crippen LogP contribution in [0.25, 0.3) is 21.3 Å². The maximum Gasteiger partial charge on any atom is 0.356 e. The molecule has 2 heterocycles. The maximum absolute atomic E-state index is 11.2. The van der Waals surface area contributed by atoms with Crippen LogP contribution < -0.4 is 0 Å². The van der Waals surface area contributed by atoms with Crippen LogP contribution in [0, 0.1) is 6.92 Å². The number of nitrogens with zero attached hydrogens (tertiary/aromatic N) is 2. The lowest BCUT2D eigenvalue weighted by Crippen LogP contribution is -1.98. The monoisotopic (exact) mass is 270 g/mol. The van der Waals surface area contributed by atoms with Gasteiger partial charge < -0.3 is 5.11 Å². The van der Waals surface area contributed by atoms with E-state index in [1.54, 1.807) is 13.1 Å². The van der Waals surface area contributed by atoms with Gasteiger partial charge in [-0.05, 0) is 19.1 Å². The van der Waals surface area contributed by atoms with Gasteiger partial charge in [0.2, 0.25) is 0 Å². The molecule has 0 radical (unpaired) electrons. The predicted molar refractivity (Wildman–Crippen MR) is 74.5 cm³/mol. The molecule has 4 nitrogen and oxygen atoms in total. The molecule has 0 aliphatic heterocycles. The number of aromatic nitrogens is 2. The second kappa shape index (κ2) is 4.44. The maximum atomic E-state index is 11.2. The number of carboxylic acid groups (broad SMARTS) is 1. The number of aryl methyl sites for hydroxylation is 1. The molecule has 0 aliphatic rings. The molecule has 5 heteroatoms. The van der Waals surface area contributed by atoms with Gasteiger partial charge in [0, 0.05) is 17.1 Å². The zero-order valence-corrected chi connectivity index (χ0v) is 10.9. The van der Waals surface area contributed by atoms with Crippen molar-refractivity contribution in [2.24, 2.45) is 0 Å². The average molecular weight is 270 g/mol. The Labute approximate surface area is 113 Å². The molecule has 0 amide bonds. The van der Waals surface area contributed by atoms with Crippen molar-refractivity contribution in [3.63, 3.8) is 0 Å². The molecule has 0 spiro atoms. The summed E-state index contributed by atoms with van der Waals surface area (Å²) in [6.07, 6.45) is 1.70. The molecular weight excluding hydrogens is 260 g/mol. The largest absolute Gasteiger partial charge is 0.476 e. The number of thiazole rings is 1. The molecule has 94 valence electrons. The summed E-state index contributed by atoms with van der Waals surface area (Å²) in [4.78, 5) is 20.3. The number of hydrogen-bond donors (Lipinski definition) is 1. The van der Waals surface area contributed by atoms with E-state index < -0.39 is 5.97 Å². The summed E-state index contributed by atoms with van der Waals surface area (Å²) < 4.78 is 0. The smallest absolute Gasteiger partial charge is 0.356 e. The predicted octanol–water partition coefficient (Wildman–Crippen LogP) is 3.36. The molecule has 1 N–H and O–H groups in total. The van der Waals surface area contributed by atoms with Gasteiger partial charge >= 0.3 is 5.97 Å². The Morgan fingerprint density at radius 3 is 2.89 bits per heavy atom. The Morgan fingerprint density at radius 1 is 1.32 bits per heavy atom. The quantitative estimate of drug-likeness (QED) is 0.775. The lowest BCUT2D eigenvalue weighted by Gasteiger charge is -2.01. The van der Waals surface area contributed by atoms with E-state index in [4.69, 9.17) is 0 Å². The molecule has 1 aromatic carbocycles. The van der Waals surface area contributed by atoms with E-state index in [-0.39, 0.29) is 5.69 Å². The first-order valence-electron chi connectivity index (χ1n) is 5.71. The highest BCUT2D eigenvalue weighted by molar-refractivity contribution is 7.15. The van der Waals surface area contributed by atoms with Gasteiger partial charge in [-0.3, -0.25) is 4.98 Å². The summed E-state index contributed by atoms with van der Waals surface area (Å²) in [5.74, 6) is -1.01. The molecular formula is C14H10N2O2S. The summed E-state index contributed by atoms with van der Waals surface area (Å²) >= 11 is 1.37. The first kappa shape index (κ1) is 11.8. The lowest BCUT2D eigenvalue weighted by atomic mass is 10.1. The topological polar surface area (TPSA) is 63.1 Å². The number of pyridine rings is 1. The summed E-state index contributed by atoms with van der Waals surface area (Å²) in [7, 11) is 0. The van der Waals surface area contributed by atoms with Crippen LogP contribution in [-0.4, -0.2) is 21.0 Å². The molecule has 0 aliphatic carbocycles. The number of carbonyl (C=O) groups is 1. The molecule has 0 fully saturated rings. The van der Waals surface area contributed by atoms with Crippen LogP contribution in [0.5, 0.6) is 0 Å². The first-order chi connectivity index (χ1) is 9.15. The van der Waals surface area contributed by atoms with E-state index in [2.05, 4.69) is 9.97 Å². The van der Waals surface area contributed by atoms with E-state index in [9.17, 15) is 9.90 Å². The number of benzene rings is 1. The van der Waals surface area contributed by atoms with Gasteiger partial charge in [0.25, 0.3) is 0 Å². The summed E-state index contributed by atoms with van der Waals surface area (Å²) in [5.41, 5.74) is 1.78. The van der Waals surface area contributed by atoms with E-state index in [1.165, 1.54) is 11.3 Å². The fraction of sp³-hybridized carbons (Fsp3) is 0.0714. The van der Waals surface area contributed by atoms with Crippen LogP contribution >= 0.6 is 11.3 Å². The van der Waals surface area contributed by atoms with Crippen LogP contribution in [-0.2, 0) is 0 Å². The Kier molecular flexibility index (Phi) is 2.76. The number of rotatable bonds is 2. The highest BCUT2D eigenvalue weighted by Crippen LogP contribution is 2.31. The Balaban J connectivity index is 2.21. The first-order valence-corrected chi connectivity index (χ1v) is 6.52. The third-order valence-electron chi connectivity index (χ3n) is 2.79. The van der Waals surface area contributed by atoms with Crippen molar-refractivity contribution in [3.05, 3.63) is 47.2 Å². The third kappa shape index (κ3) is 2.08. The van der Waals surface area contributed by atoms with Crippen molar-refractivity contribution in [1.29, 1.82) is 0 Å². The van der Waals surface area contributed by atoms with E-state index in [0.29, 0.717) is 4.88 Å². The van der Waals surface area contributed by atoms with Crippen LogP contribution in [0.1, 0.15) is 15.5 Å². The van der Waals surface area contributed by atoms with Crippen molar-refractivity contribution in [3.8, 4) is 10.4 Å². The zero-order chi connectivity index (χ0) is 13.4. The number of para-hydroxylation sites is 1. The van der Waals surface area contributed by atoms with Crippen LogP contribution in [0.3, 0.4) is 0 Å². The molecule has 3 rings (SSSR count). The van der Waals surface area contributed by atoms with E-state index >= 15 is 0 Å². The van der Waals surface area contributed by atoms with Crippen LogP contribution in [0.4, 0.5) is 0 Å². The second-order valence-electron chi connectivity index (χ2n) is 4.13. The zero-order valence-electron chi connectivity index (χ0n) is 10.1.